The molecule has 0 aliphatic carbocycles. The molecule has 0 aliphatic rings. The maximum absolute atomic E-state index is 13.4. The van der Waals surface area contributed by atoms with Gasteiger partial charge in [0.1, 0.15) is 0 Å². The van der Waals surface area contributed by atoms with Gasteiger partial charge in [-0.2, -0.15) is 0 Å². The Hall–Kier alpha value is -3.60. The fourth-order valence-corrected chi connectivity index (χ4v) is 7.75. The molecule has 0 saturated carbocycles. The average Bonchev–Trinajstić information content (AvgIpc) is 3.52. The fourth-order valence-electron chi connectivity index (χ4n) is 5.29. The number of benzene rings is 4. The molecule has 8 rings (SSSR count). The SMILES string of the molecule is O=c1c2cc3cc4c(cc3cc2c2sc3ccccc3c12)c(=O)c1c2ccccc2sc41. The lowest BCUT2D eigenvalue weighted by Crippen LogP contribution is -1.95. The summed E-state index contributed by atoms with van der Waals surface area (Å²) in [4.78, 5) is 26.7. The molecule has 0 aliphatic heterocycles. The predicted octanol–water partition coefficient (Wildman–Crippen LogP) is 7.48. The smallest absolute Gasteiger partial charge is 0.195 e. The van der Waals surface area contributed by atoms with E-state index in [1.165, 1.54) is 0 Å². The number of fused-ring (bicyclic) bond motifs is 11. The lowest BCUT2D eigenvalue weighted by atomic mass is 10.0. The van der Waals surface area contributed by atoms with Crippen molar-refractivity contribution in [2.75, 3.05) is 0 Å². The molecule has 32 heavy (non-hydrogen) atoms. The summed E-state index contributed by atoms with van der Waals surface area (Å²) in [5.74, 6) is 0. The highest BCUT2D eigenvalue weighted by atomic mass is 32.1. The van der Waals surface area contributed by atoms with E-state index in [1.807, 2.05) is 48.5 Å². The van der Waals surface area contributed by atoms with Crippen molar-refractivity contribution in [3.8, 4) is 0 Å². The molecule has 6 aromatic carbocycles. The van der Waals surface area contributed by atoms with Gasteiger partial charge in [-0.1, -0.05) is 36.4 Å². The minimum absolute atomic E-state index is 0.105. The Morgan fingerprint density at radius 3 is 1.34 bits per heavy atom. The molecule has 0 fully saturated rings. The van der Waals surface area contributed by atoms with Crippen LogP contribution >= 0.6 is 22.7 Å². The van der Waals surface area contributed by atoms with Crippen molar-refractivity contribution in [1.82, 2.24) is 0 Å². The number of hydrogen-bond donors (Lipinski definition) is 0. The Balaban J connectivity index is 1.56. The molecular weight excluding hydrogens is 432 g/mol. The molecule has 0 unspecified atom stereocenters. The molecule has 2 aromatic heterocycles. The zero-order valence-corrected chi connectivity index (χ0v) is 18.2. The van der Waals surface area contributed by atoms with Crippen LogP contribution < -0.4 is 10.9 Å². The summed E-state index contributed by atoms with van der Waals surface area (Å²) in [5, 5.41) is 9.25. The summed E-state index contributed by atoms with van der Waals surface area (Å²) in [6.45, 7) is 0. The van der Waals surface area contributed by atoms with Gasteiger partial charge in [0.05, 0.1) is 0 Å². The Morgan fingerprint density at radius 2 is 0.875 bits per heavy atom. The average molecular weight is 445 g/mol. The van der Waals surface area contributed by atoms with Crippen LogP contribution in [0.4, 0.5) is 0 Å². The van der Waals surface area contributed by atoms with Gasteiger partial charge in [0.15, 0.2) is 10.9 Å². The largest absolute Gasteiger partial charge is 0.289 e. The Kier molecular flexibility index (Phi) is 2.98. The molecule has 0 atom stereocenters. The van der Waals surface area contributed by atoms with Gasteiger partial charge in [-0.25, -0.2) is 0 Å². The summed E-state index contributed by atoms with van der Waals surface area (Å²) in [7, 11) is 0. The van der Waals surface area contributed by atoms with E-state index in [-0.39, 0.29) is 10.9 Å². The van der Waals surface area contributed by atoms with Crippen LogP contribution in [0.3, 0.4) is 0 Å². The fraction of sp³-hybridized carbons (Fsp3) is 0. The number of rotatable bonds is 0. The van der Waals surface area contributed by atoms with E-state index >= 15 is 0 Å². The maximum atomic E-state index is 13.4. The minimum atomic E-state index is 0.105. The topological polar surface area (TPSA) is 34.1 Å². The third-order valence-electron chi connectivity index (χ3n) is 6.74. The van der Waals surface area contributed by atoms with E-state index < -0.39 is 0 Å². The van der Waals surface area contributed by atoms with Crippen LogP contribution in [0.1, 0.15) is 0 Å². The Labute approximate surface area is 188 Å². The number of thiophene rings is 2. The van der Waals surface area contributed by atoms with E-state index in [9.17, 15) is 9.59 Å². The van der Waals surface area contributed by atoms with Crippen molar-refractivity contribution >= 4 is 95.3 Å². The summed E-state index contributed by atoms with van der Waals surface area (Å²) < 4.78 is 4.36. The zero-order chi connectivity index (χ0) is 21.1. The first-order chi connectivity index (χ1) is 15.7. The summed E-state index contributed by atoms with van der Waals surface area (Å²) in [6, 6.07) is 24.4. The van der Waals surface area contributed by atoms with Crippen molar-refractivity contribution in [2.45, 2.75) is 0 Å². The van der Waals surface area contributed by atoms with E-state index in [2.05, 4.69) is 24.3 Å². The van der Waals surface area contributed by atoms with Crippen LogP contribution in [-0.4, -0.2) is 0 Å². The first-order valence-corrected chi connectivity index (χ1v) is 12.1. The van der Waals surface area contributed by atoms with Crippen LogP contribution in [0.2, 0.25) is 0 Å². The molecule has 0 bridgehead atoms. The highest BCUT2D eigenvalue weighted by molar-refractivity contribution is 7.27. The first kappa shape index (κ1) is 17.0. The summed E-state index contributed by atoms with van der Waals surface area (Å²) >= 11 is 3.35. The third-order valence-corrected chi connectivity index (χ3v) is 9.14. The molecule has 4 heteroatoms. The number of hydrogen-bond acceptors (Lipinski definition) is 4. The van der Waals surface area contributed by atoms with Crippen LogP contribution in [-0.2, 0) is 0 Å². The van der Waals surface area contributed by atoms with Gasteiger partial charge in [0.25, 0.3) is 0 Å². The van der Waals surface area contributed by atoms with E-state index in [0.717, 1.165) is 72.7 Å². The molecule has 0 spiro atoms. The van der Waals surface area contributed by atoms with Crippen molar-refractivity contribution in [1.29, 1.82) is 0 Å². The van der Waals surface area contributed by atoms with Gasteiger partial charge in [0, 0.05) is 61.9 Å². The second-order valence-electron chi connectivity index (χ2n) is 8.41. The van der Waals surface area contributed by atoms with Crippen LogP contribution in [0.5, 0.6) is 0 Å². The molecule has 8 aromatic rings. The van der Waals surface area contributed by atoms with Crippen LogP contribution in [0, 0.1) is 0 Å². The van der Waals surface area contributed by atoms with Gasteiger partial charge < -0.3 is 0 Å². The van der Waals surface area contributed by atoms with E-state index in [4.69, 9.17) is 0 Å². The van der Waals surface area contributed by atoms with Gasteiger partial charge in [-0.15, -0.1) is 22.7 Å². The highest BCUT2D eigenvalue weighted by Crippen LogP contribution is 2.41. The van der Waals surface area contributed by atoms with Crippen molar-refractivity contribution in [3.63, 3.8) is 0 Å². The molecule has 0 saturated heterocycles. The molecule has 0 amide bonds. The quantitative estimate of drug-likeness (QED) is 0.243. The monoisotopic (exact) mass is 444 g/mol. The van der Waals surface area contributed by atoms with Gasteiger partial charge >= 0.3 is 0 Å². The van der Waals surface area contributed by atoms with Crippen molar-refractivity contribution < 1.29 is 0 Å². The molecule has 0 radical (unpaired) electrons. The highest BCUT2D eigenvalue weighted by Gasteiger charge is 2.19. The zero-order valence-electron chi connectivity index (χ0n) is 16.6. The molecule has 2 nitrogen and oxygen atoms in total. The maximum Gasteiger partial charge on any atom is 0.195 e. The first-order valence-electron chi connectivity index (χ1n) is 10.4. The molecular formula is C28H12O2S2. The van der Waals surface area contributed by atoms with Crippen molar-refractivity contribution in [3.05, 3.63) is 93.2 Å². The third kappa shape index (κ3) is 1.91. The minimum Gasteiger partial charge on any atom is -0.289 e. The molecule has 2 heterocycles. The standard InChI is InChI=1S/C28H12O2S2/c29-25-17-9-13-12-20-18(26(30)24-16-6-2-4-8-22(16)32-28(20)24)10-14(13)11-19(17)27-23(25)15-5-1-3-7-21(15)31-27/h1-12H. The van der Waals surface area contributed by atoms with E-state index in [0.29, 0.717) is 0 Å². The van der Waals surface area contributed by atoms with Gasteiger partial charge in [-0.05, 0) is 47.2 Å². The lowest BCUT2D eigenvalue weighted by molar-refractivity contribution is 1.83. The van der Waals surface area contributed by atoms with Crippen LogP contribution in [0.15, 0.2) is 82.4 Å². The Morgan fingerprint density at radius 1 is 0.469 bits per heavy atom. The van der Waals surface area contributed by atoms with Crippen molar-refractivity contribution in [2.24, 2.45) is 0 Å². The molecule has 0 N–H and O–H groups in total. The second-order valence-corrected chi connectivity index (χ2v) is 10.5. The van der Waals surface area contributed by atoms with Gasteiger partial charge in [0.2, 0.25) is 0 Å². The lowest BCUT2D eigenvalue weighted by Gasteiger charge is -2.00. The normalized spacial score (nSPS) is 12.6. The summed E-state index contributed by atoms with van der Waals surface area (Å²) in [6.07, 6.45) is 0. The van der Waals surface area contributed by atoms with E-state index in [1.54, 1.807) is 22.7 Å². The Bertz CT molecular complexity index is 2030. The van der Waals surface area contributed by atoms with Gasteiger partial charge in [-0.3, -0.25) is 9.59 Å². The predicted molar refractivity (Wildman–Crippen MR) is 140 cm³/mol. The summed E-state index contributed by atoms with van der Waals surface area (Å²) in [5.41, 5.74) is 0.210. The second kappa shape index (κ2) is 5.60. The van der Waals surface area contributed by atoms with Crippen LogP contribution in [0.25, 0.3) is 72.7 Å². The molecule has 148 valence electrons.